The van der Waals surface area contributed by atoms with E-state index in [0.29, 0.717) is 11.6 Å². The number of rotatable bonds is 4. The molecule has 0 atom stereocenters. The number of fused-ring (bicyclic) bond motifs is 2. The third-order valence-corrected chi connectivity index (χ3v) is 6.95. The minimum atomic E-state index is -0.0746. The van der Waals surface area contributed by atoms with Crippen molar-refractivity contribution in [1.29, 1.82) is 0 Å². The summed E-state index contributed by atoms with van der Waals surface area (Å²) in [5, 5.41) is 6.87. The van der Waals surface area contributed by atoms with E-state index < -0.39 is 0 Å². The Kier molecular flexibility index (Phi) is 5.00. The average molecular weight is 429 g/mol. The molecule has 32 heavy (non-hydrogen) atoms. The summed E-state index contributed by atoms with van der Waals surface area (Å²) in [5.74, 6) is 0.960. The number of imidazole rings is 2. The number of nitrogens with zero attached hydrogens (tertiary/aromatic N) is 4. The van der Waals surface area contributed by atoms with Crippen molar-refractivity contribution in [2.45, 2.75) is 37.8 Å². The molecule has 6 rings (SSSR count). The van der Waals surface area contributed by atoms with Gasteiger partial charge in [0.25, 0.3) is 5.78 Å². The largest absolute Gasteiger partial charge is 0.318 e. The molecule has 2 aliphatic rings. The molecule has 0 radical (unpaired) electrons. The van der Waals surface area contributed by atoms with E-state index in [2.05, 4.69) is 31.9 Å². The zero-order chi connectivity index (χ0) is 21.5. The van der Waals surface area contributed by atoms with Crippen LogP contribution in [0.4, 0.5) is 0 Å². The van der Waals surface area contributed by atoms with Gasteiger partial charge in [-0.2, -0.15) is 0 Å². The summed E-state index contributed by atoms with van der Waals surface area (Å²) in [6.07, 6.45) is 3.97. The molecule has 2 N–H and O–H groups in total. The SMILES string of the molecule is O=C(c1nc2ccccc2n1C1CCNCC1)c1nc2ccccc2n1C1CCNCC1. The molecule has 0 amide bonds. The van der Waals surface area contributed by atoms with Gasteiger partial charge in [0.2, 0.25) is 0 Å². The summed E-state index contributed by atoms with van der Waals surface area (Å²) in [5.41, 5.74) is 3.82. The Morgan fingerprint density at radius 1 is 0.688 bits per heavy atom. The quantitative estimate of drug-likeness (QED) is 0.487. The number of carbonyl (C=O) groups excluding carboxylic acids is 1. The topological polar surface area (TPSA) is 76.8 Å². The zero-order valence-corrected chi connectivity index (χ0v) is 18.1. The fourth-order valence-corrected chi connectivity index (χ4v) is 5.38. The van der Waals surface area contributed by atoms with E-state index >= 15 is 0 Å². The maximum Gasteiger partial charge on any atom is 0.263 e. The van der Waals surface area contributed by atoms with Gasteiger partial charge in [-0.05, 0) is 76.1 Å². The molecule has 2 saturated heterocycles. The lowest BCUT2D eigenvalue weighted by Gasteiger charge is -2.27. The molecule has 4 heterocycles. The van der Waals surface area contributed by atoms with E-state index in [9.17, 15) is 4.79 Å². The average Bonchev–Trinajstić information content (AvgIpc) is 3.44. The molecule has 4 aromatic rings. The van der Waals surface area contributed by atoms with Crippen molar-refractivity contribution in [3.05, 3.63) is 60.2 Å². The van der Waals surface area contributed by atoms with E-state index in [-0.39, 0.29) is 17.9 Å². The van der Waals surface area contributed by atoms with Gasteiger partial charge in [-0.25, -0.2) is 9.97 Å². The summed E-state index contributed by atoms with van der Waals surface area (Å²) >= 11 is 0. The zero-order valence-electron chi connectivity index (χ0n) is 18.1. The van der Waals surface area contributed by atoms with Crippen molar-refractivity contribution in [3.8, 4) is 0 Å². The van der Waals surface area contributed by atoms with Crippen molar-refractivity contribution in [2.24, 2.45) is 0 Å². The van der Waals surface area contributed by atoms with Crippen LogP contribution >= 0.6 is 0 Å². The number of piperidine rings is 2. The van der Waals surface area contributed by atoms with E-state index in [1.807, 2.05) is 36.4 Å². The van der Waals surface area contributed by atoms with Gasteiger partial charge in [-0.1, -0.05) is 24.3 Å². The summed E-state index contributed by atoms with van der Waals surface area (Å²) in [6.45, 7) is 3.83. The number of hydrogen-bond acceptors (Lipinski definition) is 5. The first-order chi connectivity index (χ1) is 15.8. The Morgan fingerprint density at radius 2 is 1.09 bits per heavy atom. The standard InChI is InChI=1S/C25H28N6O/c32-23(24-28-19-5-1-3-7-21(19)30(24)17-9-13-26-14-10-17)25-29-20-6-2-4-8-22(20)31(25)18-11-15-27-16-12-18/h1-8,17-18,26-27H,9-16H2. The molecule has 0 saturated carbocycles. The maximum atomic E-state index is 14.1. The van der Waals surface area contributed by atoms with E-state index in [0.717, 1.165) is 73.9 Å². The highest BCUT2D eigenvalue weighted by Gasteiger charge is 2.31. The highest BCUT2D eigenvalue weighted by atomic mass is 16.1. The number of hydrogen-bond donors (Lipinski definition) is 2. The molecule has 2 fully saturated rings. The van der Waals surface area contributed by atoms with Gasteiger partial charge < -0.3 is 19.8 Å². The molecule has 7 heteroatoms. The second kappa shape index (κ2) is 8.15. The number of aromatic nitrogens is 4. The van der Waals surface area contributed by atoms with E-state index in [1.165, 1.54) is 0 Å². The fraction of sp³-hybridized carbons (Fsp3) is 0.400. The predicted octanol–water partition coefficient (Wildman–Crippen LogP) is 3.47. The van der Waals surface area contributed by atoms with Crippen LogP contribution in [-0.2, 0) is 0 Å². The Hall–Kier alpha value is -3.03. The van der Waals surface area contributed by atoms with Crippen molar-refractivity contribution in [1.82, 2.24) is 29.7 Å². The third-order valence-electron chi connectivity index (χ3n) is 6.95. The first-order valence-electron chi connectivity index (χ1n) is 11.7. The van der Waals surface area contributed by atoms with Crippen LogP contribution in [0, 0.1) is 0 Å². The van der Waals surface area contributed by atoms with Crippen LogP contribution in [0.25, 0.3) is 22.1 Å². The number of ketones is 1. The number of carbonyl (C=O) groups is 1. The molecule has 0 aliphatic carbocycles. The summed E-state index contributed by atoms with van der Waals surface area (Å²) in [7, 11) is 0. The monoisotopic (exact) mass is 428 g/mol. The van der Waals surface area contributed by atoms with Crippen LogP contribution in [0.15, 0.2) is 48.5 Å². The molecule has 7 nitrogen and oxygen atoms in total. The summed E-state index contributed by atoms with van der Waals surface area (Å²) in [4.78, 5) is 23.8. The van der Waals surface area contributed by atoms with E-state index in [4.69, 9.17) is 9.97 Å². The van der Waals surface area contributed by atoms with Gasteiger partial charge in [0.1, 0.15) is 0 Å². The van der Waals surface area contributed by atoms with Crippen molar-refractivity contribution in [2.75, 3.05) is 26.2 Å². The molecular weight excluding hydrogens is 400 g/mol. The second-order valence-corrected chi connectivity index (χ2v) is 8.88. The highest BCUT2D eigenvalue weighted by Crippen LogP contribution is 2.31. The molecule has 2 aromatic carbocycles. The first kappa shape index (κ1) is 19.6. The van der Waals surface area contributed by atoms with Crippen LogP contribution in [0.1, 0.15) is 54.2 Å². The minimum Gasteiger partial charge on any atom is -0.318 e. The maximum absolute atomic E-state index is 14.1. The van der Waals surface area contributed by atoms with Gasteiger partial charge in [0.05, 0.1) is 22.1 Å². The highest BCUT2D eigenvalue weighted by molar-refractivity contribution is 6.08. The van der Waals surface area contributed by atoms with Gasteiger partial charge >= 0.3 is 0 Å². The van der Waals surface area contributed by atoms with Crippen molar-refractivity contribution in [3.63, 3.8) is 0 Å². The molecule has 2 aromatic heterocycles. The minimum absolute atomic E-state index is 0.0746. The lowest BCUT2D eigenvalue weighted by Crippen LogP contribution is -2.32. The van der Waals surface area contributed by atoms with Gasteiger partial charge in [-0.15, -0.1) is 0 Å². The van der Waals surface area contributed by atoms with Crippen LogP contribution in [0.2, 0.25) is 0 Å². The van der Waals surface area contributed by atoms with Gasteiger partial charge in [-0.3, -0.25) is 4.79 Å². The molecule has 0 bridgehead atoms. The first-order valence-corrected chi connectivity index (χ1v) is 11.7. The molecule has 0 unspecified atom stereocenters. The fourth-order valence-electron chi connectivity index (χ4n) is 5.38. The van der Waals surface area contributed by atoms with Crippen LogP contribution in [0.3, 0.4) is 0 Å². The van der Waals surface area contributed by atoms with Crippen LogP contribution < -0.4 is 10.6 Å². The lowest BCUT2D eigenvalue weighted by atomic mass is 10.0. The molecular formula is C25H28N6O. The smallest absolute Gasteiger partial charge is 0.263 e. The van der Waals surface area contributed by atoms with Crippen molar-refractivity contribution >= 4 is 27.9 Å². The summed E-state index contributed by atoms with van der Waals surface area (Å²) < 4.78 is 4.37. The lowest BCUT2D eigenvalue weighted by molar-refractivity contribution is 0.100. The van der Waals surface area contributed by atoms with E-state index in [1.54, 1.807) is 0 Å². The van der Waals surface area contributed by atoms with Crippen LogP contribution in [-0.4, -0.2) is 51.1 Å². The number of para-hydroxylation sites is 4. The summed E-state index contributed by atoms with van der Waals surface area (Å²) in [6, 6.07) is 16.7. The normalized spacial score (nSPS) is 18.5. The number of benzene rings is 2. The molecule has 164 valence electrons. The Balaban J connectivity index is 1.52. The Morgan fingerprint density at radius 3 is 1.53 bits per heavy atom. The predicted molar refractivity (Wildman–Crippen MR) is 125 cm³/mol. The van der Waals surface area contributed by atoms with Crippen molar-refractivity contribution < 1.29 is 4.79 Å². The number of nitrogens with one attached hydrogen (secondary N) is 2. The second-order valence-electron chi connectivity index (χ2n) is 8.88. The van der Waals surface area contributed by atoms with Gasteiger partial charge in [0.15, 0.2) is 11.6 Å². The Bertz CT molecular complexity index is 1180. The molecule has 0 spiro atoms. The van der Waals surface area contributed by atoms with Gasteiger partial charge in [0, 0.05) is 12.1 Å². The molecule has 2 aliphatic heterocycles. The van der Waals surface area contributed by atoms with Crippen LogP contribution in [0.5, 0.6) is 0 Å². The Labute approximate surface area is 186 Å². The third kappa shape index (κ3) is 3.24.